The van der Waals surface area contributed by atoms with Crippen LogP contribution in [0.25, 0.3) is 16.6 Å². The zero-order valence-corrected chi connectivity index (χ0v) is 19.2. The number of ether oxygens (including phenoxy) is 3. The molecule has 0 unspecified atom stereocenters. The lowest BCUT2D eigenvalue weighted by Crippen LogP contribution is -2.36. The third-order valence-electron chi connectivity index (χ3n) is 6.10. The van der Waals surface area contributed by atoms with E-state index in [0.29, 0.717) is 6.61 Å². The third kappa shape index (κ3) is 4.81. The Bertz CT molecular complexity index is 1070. The second-order valence-corrected chi connectivity index (χ2v) is 8.24. The number of ketones is 1. The first kappa shape index (κ1) is 22.4. The van der Waals surface area contributed by atoms with Crippen molar-refractivity contribution >= 4 is 16.7 Å². The molecule has 0 amide bonds. The highest BCUT2D eigenvalue weighted by Gasteiger charge is 2.19. The van der Waals surface area contributed by atoms with E-state index >= 15 is 0 Å². The Morgan fingerprint density at radius 3 is 2.44 bits per heavy atom. The summed E-state index contributed by atoms with van der Waals surface area (Å²) in [6.45, 7) is 9.18. The molecule has 0 N–H and O–H groups in total. The first-order valence-corrected chi connectivity index (χ1v) is 11.3. The fraction of sp³-hybridized carbons (Fsp3) is 0.423. The molecular formula is C26H32N2O4. The summed E-state index contributed by atoms with van der Waals surface area (Å²) in [7, 11) is 1.65. The van der Waals surface area contributed by atoms with Crippen LogP contribution in [0.4, 0.5) is 0 Å². The summed E-state index contributed by atoms with van der Waals surface area (Å²) in [5, 5.41) is 0.941. The molecule has 4 rings (SSSR count). The predicted molar refractivity (Wildman–Crippen MR) is 127 cm³/mol. The molecule has 1 aliphatic heterocycles. The number of Topliss-reactive ketones (excluding diaryl/α,β-unsaturated/α-hetero) is 1. The zero-order valence-electron chi connectivity index (χ0n) is 19.2. The van der Waals surface area contributed by atoms with Gasteiger partial charge < -0.3 is 18.8 Å². The molecule has 0 radical (unpaired) electrons. The van der Waals surface area contributed by atoms with Crippen LogP contribution in [0.2, 0.25) is 0 Å². The smallest absolute Gasteiger partial charge is 0.162 e. The average molecular weight is 437 g/mol. The molecule has 0 spiro atoms. The van der Waals surface area contributed by atoms with E-state index < -0.39 is 0 Å². The fourth-order valence-corrected chi connectivity index (χ4v) is 4.44. The number of morpholine rings is 1. The van der Waals surface area contributed by atoms with Crippen molar-refractivity contribution in [2.24, 2.45) is 0 Å². The lowest BCUT2D eigenvalue weighted by Gasteiger charge is -2.26. The van der Waals surface area contributed by atoms with Gasteiger partial charge in [0.25, 0.3) is 0 Å². The Hall–Kier alpha value is -2.83. The number of nitrogens with zero attached hydrogens (tertiary/aromatic N) is 2. The quantitative estimate of drug-likeness (QED) is 0.361. The molecule has 0 aliphatic carbocycles. The molecule has 1 saturated heterocycles. The maximum absolute atomic E-state index is 12.3. The summed E-state index contributed by atoms with van der Waals surface area (Å²) in [5.74, 6) is 1.69. The molecule has 3 aromatic rings. The largest absolute Gasteiger partial charge is 0.497 e. The minimum absolute atomic E-state index is 0.0634. The number of hydrogen-bond donors (Lipinski definition) is 0. The Kier molecular flexibility index (Phi) is 7.12. The van der Waals surface area contributed by atoms with Crippen LogP contribution in [0.5, 0.6) is 11.5 Å². The van der Waals surface area contributed by atoms with Crippen LogP contribution in [0, 0.1) is 6.92 Å². The van der Waals surface area contributed by atoms with E-state index in [1.807, 2.05) is 49.4 Å². The van der Waals surface area contributed by atoms with Gasteiger partial charge in [0.05, 0.1) is 32.4 Å². The van der Waals surface area contributed by atoms with Crippen molar-refractivity contribution in [1.82, 2.24) is 9.47 Å². The number of hydrogen-bond acceptors (Lipinski definition) is 5. The van der Waals surface area contributed by atoms with Crippen LogP contribution in [-0.4, -0.2) is 61.8 Å². The van der Waals surface area contributed by atoms with Crippen LogP contribution in [0.3, 0.4) is 0 Å². The SMILES string of the molecule is COc1ccc2c(C(C)=O)c(C)n(-c3ccc(OCCCCN4CCOCC4)cc3)c2c1. The van der Waals surface area contributed by atoms with E-state index in [0.717, 1.165) is 85.0 Å². The molecule has 2 heterocycles. The standard InChI is InChI=1S/C26H32N2O4/c1-19-26(20(2)29)24-11-10-23(30-3)18-25(24)28(19)21-6-8-22(9-7-21)32-15-5-4-12-27-13-16-31-17-14-27/h6-11,18H,4-5,12-17H2,1-3H3. The predicted octanol–water partition coefficient (Wildman–Crippen LogP) is 4.64. The normalized spacial score (nSPS) is 14.6. The van der Waals surface area contributed by atoms with Crippen molar-refractivity contribution in [3.63, 3.8) is 0 Å². The number of aromatic nitrogens is 1. The minimum Gasteiger partial charge on any atom is -0.497 e. The molecule has 0 saturated carbocycles. The van der Waals surface area contributed by atoms with Crippen molar-refractivity contribution in [3.05, 3.63) is 53.7 Å². The molecule has 1 aliphatic rings. The number of fused-ring (bicyclic) bond motifs is 1. The monoisotopic (exact) mass is 436 g/mol. The van der Waals surface area contributed by atoms with Gasteiger partial charge in [0.15, 0.2) is 5.78 Å². The number of unbranched alkanes of at least 4 members (excludes halogenated alkanes) is 1. The van der Waals surface area contributed by atoms with Gasteiger partial charge in [0, 0.05) is 41.5 Å². The van der Waals surface area contributed by atoms with Crippen molar-refractivity contribution < 1.29 is 19.0 Å². The van der Waals surface area contributed by atoms with Gasteiger partial charge in [-0.3, -0.25) is 9.69 Å². The average Bonchev–Trinajstić information content (AvgIpc) is 3.11. The van der Waals surface area contributed by atoms with Gasteiger partial charge in [-0.05, 0) is 69.6 Å². The van der Waals surface area contributed by atoms with Gasteiger partial charge in [0.1, 0.15) is 11.5 Å². The van der Waals surface area contributed by atoms with Crippen molar-refractivity contribution in [2.75, 3.05) is 46.6 Å². The van der Waals surface area contributed by atoms with E-state index in [-0.39, 0.29) is 5.78 Å². The highest BCUT2D eigenvalue weighted by Crippen LogP contribution is 2.32. The second-order valence-electron chi connectivity index (χ2n) is 8.24. The fourth-order valence-electron chi connectivity index (χ4n) is 4.44. The molecular weight excluding hydrogens is 404 g/mol. The molecule has 1 fully saturated rings. The molecule has 1 aromatic heterocycles. The number of rotatable bonds is 9. The summed E-state index contributed by atoms with van der Waals surface area (Å²) in [6, 6.07) is 13.9. The van der Waals surface area contributed by atoms with E-state index in [9.17, 15) is 4.79 Å². The maximum Gasteiger partial charge on any atom is 0.162 e. The highest BCUT2D eigenvalue weighted by molar-refractivity contribution is 6.09. The first-order valence-electron chi connectivity index (χ1n) is 11.3. The van der Waals surface area contributed by atoms with Crippen LogP contribution in [0.15, 0.2) is 42.5 Å². The third-order valence-corrected chi connectivity index (χ3v) is 6.10. The number of carbonyl (C=O) groups is 1. The van der Waals surface area contributed by atoms with Crippen LogP contribution >= 0.6 is 0 Å². The zero-order chi connectivity index (χ0) is 22.5. The molecule has 0 bridgehead atoms. The molecule has 170 valence electrons. The van der Waals surface area contributed by atoms with Crippen LogP contribution in [-0.2, 0) is 4.74 Å². The van der Waals surface area contributed by atoms with Gasteiger partial charge in [-0.15, -0.1) is 0 Å². The Morgan fingerprint density at radius 1 is 1.03 bits per heavy atom. The van der Waals surface area contributed by atoms with E-state index in [2.05, 4.69) is 9.47 Å². The number of benzene rings is 2. The van der Waals surface area contributed by atoms with Crippen molar-refractivity contribution in [3.8, 4) is 17.2 Å². The topological polar surface area (TPSA) is 52.9 Å². The first-order chi connectivity index (χ1) is 15.6. The summed E-state index contributed by atoms with van der Waals surface area (Å²) in [4.78, 5) is 14.8. The van der Waals surface area contributed by atoms with E-state index in [1.54, 1.807) is 14.0 Å². The molecule has 6 nitrogen and oxygen atoms in total. The van der Waals surface area contributed by atoms with Crippen molar-refractivity contribution in [2.45, 2.75) is 26.7 Å². The van der Waals surface area contributed by atoms with Gasteiger partial charge >= 0.3 is 0 Å². The molecule has 0 atom stereocenters. The van der Waals surface area contributed by atoms with Gasteiger partial charge in [-0.1, -0.05) is 0 Å². The summed E-state index contributed by atoms with van der Waals surface area (Å²) >= 11 is 0. The Labute approximate surface area is 189 Å². The molecule has 2 aromatic carbocycles. The molecule has 6 heteroatoms. The van der Waals surface area contributed by atoms with Crippen LogP contribution < -0.4 is 9.47 Å². The van der Waals surface area contributed by atoms with Crippen molar-refractivity contribution in [1.29, 1.82) is 0 Å². The highest BCUT2D eigenvalue weighted by atomic mass is 16.5. The summed E-state index contributed by atoms with van der Waals surface area (Å²) < 4.78 is 18.9. The lowest BCUT2D eigenvalue weighted by molar-refractivity contribution is 0.0368. The van der Waals surface area contributed by atoms with E-state index in [1.165, 1.54) is 0 Å². The number of carbonyl (C=O) groups excluding carboxylic acids is 1. The Morgan fingerprint density at radius 2 is 1.75 bits per heavy atom. The summed E-state index contributed by atoms with van der Waals surface area (Å²) in [5.41, 5.74) is 3.64. The number of methoxy groups -OCH3 is 1. The summed E-state index contributed by atoms with van der Waals surface area (Å²) in [6.07, 6.45) is 2.16. The van der Waals surface area contributed by atoms with E-state index in [4.69, 9.17) is 14.2 Å². The second kappa shape index (κ2) is 10.2. The van der Waals surface area contributed by atoms with Crippen LogP contribution in [0.1, 0.15) is 35.8 Å². The van der Waals surface area contributed by atoms with Gasteiger partial charge in [-0.2, -0.15) is 0 Å². The minimum atomic E-state index is 0.0634. The molecule has 32 heavy (non-hydrogen) atoms. The van der Waals surface area contributed by atoms with Gasteiger partial charge in [-0.25, -0.2) is 0 Å². The van der Waals surface area contributed by atoms with Gasteiger partial charge in [0.2, 0.25) is 0 Å². The Balaban J connectivity index is 1.44. The maximum atomic E-state index is 12.3. The lowest BCUT2D eigenvalue weighted by atomic mass is 10.1.